The molecule has 0 aliphatic carbocycles. The molecule has 0 saturated heterocycles. The maximum absolute atomic E-state index is 11.8. The van der Waals surface area contributed by atoms with Crippen molar-refractivity contribution in [2.24, 2.45) is 0 Å². The van der Waals surface area contributed by atoms with Crippen LogP contribution in [0.25, 0.3) is 10.9 Å². The van der Waals surface area contributed by atoms with Gasteiger partial charge in [-0.25, -0.2) is 10.5 Å². The van der Waals surface area contributed by atoms with E-state index < -0.39 is 11.8 Å². The van der Waals surface area contributed by atoms with Crippen molar-refractivity contribution >= 4 is 22.7 Å². The van der Waals surface area contributed by atoms with Gasteiger partial charge in [-0.05, 0) is 12.1 Å². The van der Waals surface area contributed by atoms with Gasteiger partial charge < -0.3 is 10.1 Å². The normalized spacial score (nSPS) is 10.1. The molecule has 0 bridgehead atoms. The molecule has 3 N–H and O–H groups in total. The number of rotatable bonds is 4. The summed E-state index contributed by atoms with van der Waals surface area (Å²) in [5.74, 6) is -0.664. The van der Waals surface area contributed by atoms with E-state index in [1.54, 1.807) is 18.2 Å². The lowest BCUT2D eigenvalue weighted by molar-refractivity contribution is -0.128. The van der Waals surface area contributed by atoms with Crippen molar-refractivity contribution in [2.45, 2.75) is 0 Å². The number of para-hydroxylation sites is 1. The average molecular weight is 275 g/mol. The smallest absolute Gasteiger partial charge is 0.270 e. The molecule has 0 unspecified atom stereocenters. The Morgan fingerprint density at radius 2 is 2.10 bits per heavy atom. The van der Waals surface area contributed by atoms with Gasteiger partial charge in [0.1, 0.15) is 17.0 Å². The van der Waals surface area contributed by atoms with Crippen LogP contribution in [0.15, 0.2) is 30.3 Å². The molecule has 2 amide bonds. The summed E-state index contributed by atoms with van der Waals surface area (Å²) in [4.78, 5) is 26.9. The lowest BCUT2D eigenvalue weighted by atomic mass is 10.2. The molecule has 1 aromatic carbocycles. The Labute approximate surface area is 114 Å². The van der Waals surface area contributed by atoms with Crippen molar-refractivity contribution in [3.8, 4) is 5.75 Å². The third kappa shape index (κ3) is 2.83. The summed E-state index contributed by atoms with van der Waals surface area (Å²) in [7, 11) is 1.52. The molecule has 0 radical (unpaired) electrons. The van der Waals surface area contributed by atoms with Gasteiger partial charge in [-0.1, -0.05) is 18.2 Å². The van der Waals surface area contributed by atoms with E-state index in [0.29, 0.717) is 11.3 Å². The number of benzene rings is 1. The second-order valence-electron chi connectivity index (χ2n) is 3.95. The molecule has 2 aromatic rings. The lowest BCUT2D eigenvalue weighted by Gasteiger charge is -2.07. The van der Waals surface area contributed by atoms with E-state index in [9.17, 15) is 9.59 Å². The van der Waals surface area contributed by atoms with Crippen LogP contribution in [0.4, 0.5) is 0 Å². The van der Waals surface area contributed by atoms with E-state index in [1.807, 2.05) is 12.1 Å². The van der Waals surface area contributed by atoms with Crippen molar-refractivity contribution in [3.05, 3.63) is 36.0 Å². The van der Waals surface area contributed by atoms with E-state index in [4.69, 9.17) is 9.94 Å². The van der Waals surface area contributed by atoms with Crippen LogP contribution < -0.4 is 15.5 Å². The Kier molecular flexibility index (Phi) is 4.11. The van der Waals surface area contributed by atoms with Crippen LogP contribution in [-0.2, 0) is 4.79 Å². The highest BCUT2D eigenvalue weighted by molar-refractivity contribution is 5.97. The third-order valence-corrected chi connectivity index (χ3v) is 2.67. The number of carbonyl (C=O) groups excluding carboxylic acids is 2. The number of pyridine rings is 1. The molecule has 0 spiro atoms. The molecular weight excluding hydrogens is 262 g/mol. The van der Waals surface area contributed by atoms with Crippen LogP contribution in [0.2, 0.25) is 0 Å². The van der Waals surface area contributed by atoms with Gasteiger partial charge in [0, 0.05) is 5.39 Å². The van der Waals surface area contributed by atoms with Crippen molar-refractivity contribution in [1.29, 1.82) is 0 Å². The number of nitrogens with zero attached hydrogens (tertiary/aromatic N) is 1. The van der Waals surface area contributed by atoms with Gasteiger partial charge in [0.05, 0.1) is 13.7 Å². The van der Waals surface area contributed by atoms with Crippen molar-refractivity contribution < 1.29 is 19.5 Å². The summed E-state index contributed by atoms with van der Waals surface area (Å²) in [5.41, 5.74) is 2.15. The Balaban J connectivity index is 2.26. The zero-order valence-corrected chi connectivity index (χ0v) is 10.7. The fourth-order valence-electron chi connectivity index (χ4n) is 1.70. The summed E-state index contributed by atoms with van der Waals surface area (Å²) >= 11 is 0. The van der Waals surface area contributed by atoms with Gasteiger partial charge >= 0.3 is 0 Å². The summed E-state index contributed by atoms with van der Waals surface area (Å²) in [6.45, 7) is -0.332. The highest BCUT2D eigenvalue weighted by atomic mass is 16.5. The van der Waals surface area contributed by atoms with Gasteiger partial charge in [0.25, 0.3) is 11.8 Å². The number of carbonyl (C=O) groups is 2. The molecule has 0 aliphatic rings. The quantitative estimate of drug-likeness (QED) is 0.556. The largest absolute Gasteiger partial charge is 0.494 e. The molecule has 1 heterocycles. The molecule has 2 rings (SSSR count). The van der Waals surface area contributed by atoms with Crippen molar-refractivity contribution in [1.82, 2.24) is 15.8 Å². The standard InChI is InChI=1S/C13H13N3O4/c1-20-10-4-2-3-8-5-6-9(15-12(8)10)13(18)14-7-11(17)16-19/h2-6,19H,7H2,1H3,(H,14,18)(H,16,17). The zero-order valence-electron chi connectivity index (χ0n) is 10.7. The number of aromatic nitrogens is 1. The Hall–Kier alpha value is -2.67. The number of methoxy groups -OCH3 is 1. The van der Waals surface area contributed by atoms with Crippen LogP contribution >= 0.6 is 0 Å². The van der Waals surface area contributed by atoms with E-state index in [1.165, 1.54) is 12.6 Å². The maximum atomic E-state index is 11.8. The molecule has 104 valence electrons. The minimum Gasteiger partial charge on any atom is -0.494 e. The van der Waals surface area contributed by atoms with Gasteiger partial charge in [-0.3, -0.25) is 14.8 Å². The van der Waals surface area contributed by atoms with E-state index in [2.05, 4.69) is 10.3 Å². The highest BCUT2D eigenvalue weighted by Crippen LogP contribution is 2.23. The molecule has 0 saturated carbocycles. The van der Waals surface area contributed by atoms with Crippen molar-refractivity contribution in [3.63, 3.8) is 0 Å². The Bertz CT molecular complexity index is 657. The van der Waals surface area contributed by atoms with E-state index >= 15 is 0 Å². The number of amides is 2. The molecule has 0 aliphatic heterocycles. The fourth-order valence-corrected chi connectivity index (χ4v) is 1.70. The molecule has 0 fully saturated rings. The number of hydroxylamine groups is 1. The first-order chi connectivity index (χ1) is 9.65. The second kappa shape index (κ2) is 5.98. The van der Waals surface area contributed by atoms with Crippen LogP contribution in [0.1, 0.15) is 10.5 Å². The van der Waals surface area contributed by atoms with Crippen LogP contribution in [0.3, 0.4) is 0 Å². The number of fused-ring (bicyclic) bond motifs is 1. The lowest BCUT2D eigenvalue weighted by Crippen LogP contribution is -2.35. The molecule has 20 heavy (non-hydrogen) atoms. The Morgan fingerprint density at radius 1 is 1.30 bits per heavy atom. The first-order valence-electron chi connectivity index (χ1n) is 5.80. The van der Waals surface area contributed by atoms with Crippen LogP contribution in [0.5, 0.6) is 5.75 Å². The van der Waals surface area contributed by atoms with Crippen molar-refractivity contribution in [2.75, 3.05) is 13.7 Å². The summed E-state index contributed by atoms with van der Waals surface area (Å²) in [5, 5.41) is 11.5. The first kappa shape index (κ1) is 13.8. The molecule has 1 aromatic heterocycles. The molecule has 7 heteroatoms. The molecule has 0 atom stereocenters. The Morgan fingerprint density at radius 3 is 2.80 bits per heavy atom. The molecular formula is C13H13N3O4. The number of nitrogens with one attached hydrogen (secondary N) is 2. The number of ether oxygens (including phenoxy) is 1. The predicted molar refractivity (Wildman–Crippen MR) is 70.6 cm³/mol. The van der Waals surface area contributed by atoms with Gasteiger partial charge in [0.15, 0.2) is 0 Å². The third-order valence-electron chi connectivity index (χ3n) is 2.67. The first-order valence-corrected chi connectivity index (χ1v) is 5.80. The van der Waals surface area contributed by atoms with E-state index in [0.717, 1.165) is 5.39 Å². The monoisotopic (exact) mass is 275 g/mol. The summed E-state index contributed by atoms with van der Waals surface area (Å²) in [6.07, 6.45) is 0. The molecule has 7 nitrogen and oxygen atoms in total. The van der Waals surface area contributed by atoms with E-state index in [-0.39, 0.29) is 12.2 Å². The minimum atomic E-state index is -0.711. The fraction of sp³-hybridized carbons (Fsp3) is 0.154. The average Bonchev–Trinajstić information content (AvgIpc) is 2.50. The SMILES string of the molecule is COc1cccc2ccc(C(=O)NCC(=O)NO)nc12. The zero-order chi connectivity index (χ0) is 14.5. The minimum absolute atomic E-state index is 0.160. The summed E-state index contributed by atoms with van der Waals surface area (Å²) in [6, 6.07) is 8.72. The van der Waals surface area contributed by atoms with Gasteiger partial charge in [0.2, 0.25) is 0 Å². The van der Waals surface area contributed by atoms with Crippen LogP contribution in [0, 0.1) is 0 Å². The highest BCUT2D eigenvalue weighted by Gasteiger charge is 2.11. The summed E-state index contributed by atoms with van der Waals surface area (Å²) < 4.78 is 5.19. The number of hydrogen-bond acceptors (Lipinski definition) is 5. The van der Waals surface area contributed by atoms with Gasteiger partial charge in [-0.2, -0.15) is 0 Å². The van der Waals surface area contributed by atoms with Crippen LogP contribution in [-0.4, -0.2) is 35.7 Å². The number of hydrogen-bond donors (Lipinski definition) is 3. The van der Waals surface area contributed by atoms with Gasteiger partial charge in [-0.15, -0.1) is 0 Å². The predicted octanol–water partition coefficient (Wildman–Crippen LogP) is 0.479. The second-order valence-corrected chi connectivity index (χ2v) is 3.95. The maximum Gasteiger partial charge on any atom is 0.270 e. The topological polar surface area (TPSA) is 101 Å².